The van der Waals surface area contributed by atoms with Gasteiger partial charge < -0.3 is 10.8 Å². The van der Waals surface area contributed by atoms with E-state index in [0.29, 0.717) is 0 Å². The number of carboxylic acid groups (broad SMARTS) is 1. The van der Waals surface area contributed by atoms with Gasteiger partial charge in [0.25, 0.3) is 5.97 Å². The molecule has 0 saturated heterocycles. The maximum absolute atomic E-state index is 9.49. The number of aliphatic carboxylic acids is 1. The Morgan fingerprint density at radius 3 is 2.29 bits per heavy atom. The molecule has 0 atom stereocenters. The first-order chi connectivity index (χ1) is 2.77. The molecule has 0 aromatic heterocycles. The van der Waals surface area contributed by atoms with Crippen LogP contribution in [0.5, 0.6) is 0 Å². The summed E-state index contributed by atoms with van der Waals surface area (Å²) in [5.41, 5.74) is 4.72. The van der Waals surface area contributed by atoms with Crippen LogP contribution in [0.2, 0.25) is 0 Å². The topological polar surface area (TPSA) is 63.3 Å². The second-order valence-electron chi connectivity index (χ2n) is 0.834. The summed E-state index contributed by atoms with van der Waals surface area (Å²) in [6.07, 6.45) is -0.0556. The molecule has 0 aromatic carbocycles. The molecular formula is C3H6NO2U-. The third-order valence-corrected chi connectivity index (χ3v) is 0.292. The summed E-state index contributed by atoms with van der Waals surface area (Å²) in [5.74, 6) is -0.891. The fraction of sp³-hybridized carbons (Fsp3) is 0.333. The van der Waals surface area contributed by atoms with Crippen molar-refractivity contribution >= 4 is 5.97 Å². The van der Waals surface area contributed by atoms with Gasteiger partial charge in [0, 0.05) is 31.1 Å². The van der Waals surface area contributed by atoms with Crippen molar-refractivity contribution in [2.45, 2.75) is 6.42 Å². The Bertz CT molecular complexity index is 56.9. The molecule has 3 nitrogen and oxygen atoms in total. The molecule has 40 valence electrons. The third-order valence-electron chi connectivity index (χ3n) is 0.292. The Hall–Kier alpha value is 0.482. The molecule has 0 bridgehead atoms. The van der Waals surface area contributed by atoms with Gasteiger partial charge in [0.15, 0.2) is 0 Å². The van der Waals surface area contributed by atoms with Gasteiger partial charge in [-0.25, -0.2) is 0 Å². The number of hydrogen-bond acceptors (Lipinski definition) is 2. The number of hydrogen-bond donors (Lipinski definition) is 2. The molecule has 0 aliphatic heterocycles. The van der Waals surface area contributed by atoms with Crippen LogP contribution in [-0.2, 0) is 4.79 Å². The monoisotopic (exact) mass is 326 g/mol. The van der Waals surface area contributed by atoms with E-state index >= 15 is 0 Å². The maximum Gasteiger partial charge on any atom is 0.274 e. The van der Waals surface area contributed by atoms with E-state index in [0.717, 1.165) is 6.54 Å². The van der Waals surface area contributed by atoms with E-state index < -0.39 is 5.97 Å². The second kappa shape index (κ2) is 6.48. The van der Waals surface area contributed by atoms with E-state index in [1.807, 2.05) is 0 Å². The molecule has 3 N–H and O–H groups in total. The largest absolute Gasteiger partial charge is 0.483 e. The van der Waals surface area contributed by atoms with Crippen molar-refractivity contribution in [2.75, 3.05) is 0 Å². The summed E-state index contributed by atoms with van der Waals surface area (Å²) < 4.78 is 0. The summed E-state index contributed by atoms with van der Waals surface area (Å²) in [5, 5.41) is 7.80. The smallest absolute Gasteiger partial charge is 0.274 e. The number of carbonyl (C=O) groups is 1. The average molecular weight is 326 g/mol. The molecule has 0 unspecified atom stereocenters. The van der Waals surface area contributed by atoms with E-state index in [1.165, 1.54) is 0 Å². The van der Waals surface area contributed by atoms with E-state index in [2.05, 4.69) is 0 Å². The van der Waals surface area contributed by atoms with Crippen molar-refractivity contribution < 1.29 is 41.0 Å². The van der Waals surface area contributed by atoms with Gasteiger partial charge in [-0.2, -0.15) is 0 Å². The van der Waals surface area contributed by atoms with Gasteiger partial charge in [0.05, 0.1) is 0 Å². The maximum atomic E-state index is 9.49. The molecule has 0 saturated carbocycles. The zero-order valence-electron chi connectivity index (χ0n) is 3.72. The van der Waals surface area contributed by atoms with Gasteiger partial charge in [0.1, 0.15) is 0 Å². The first kappa shape index (κ1) is 10.5. The van der Waals surface area contributed by atoms with Gasteiger partial charge in [-0.05, 0) is 0 Å². The fourth-order valence-electron chi connectivity index (χ4n) is 0.101. The van der Waals surface area contributed by atoms with Crippen molar-refractivity contribution in [2.24, 2.45) is 5.73 Å². The Balaban J connectivity index is 0. The summed E-state index contributed by atoms with van der Waals surface area (Å²) in [4.78, 5) is 9.49. The predicted molar refractivity (Wildman–Crippen MR) is 20.7 cm³/mol. The zero-order valence-corrected chi connectivity index (χ0v) is 7.88. The molecule has 0 spiro atoms. The van der Waals surface area contributed by atoms with E-state index in [9.17, 15) is 4.79 Å². The minimum absolute atomic E-state index is 0. The molecule has 0 amide bonds. The van der Waals surface area contributed by atoms with E-state index in [-0.39, 0.29) is 37.5 Å². The Labute approximate surface area is 65.6 Å². The number of rotatable bonds is 2. The Morgan fingerprint density at radius 2 is 2.29 bits per heavy atom. The molecule has 0 rings (SSSR count). The van der Waals surface area contributed by atoms with Crippen molar-refractivity contribution in [1.29, 1.82) is 0 Å². The molecular weight excluding hydrogens is 320 g/mol. The summed E-state index contributed by atoms with van der Waals surface area (Å²) >= 11 is 0. The van der Waals surface area contributed by atoms with Crippen LogP contribution in [0.15, 0.2) is 0 Å². The van der Waals surface area contributed by atoms with Gasteiger partial charge in [0.2, 0.25) is 0 Å². The fourth-order valence-corrected chi connectivity index (χ4v) is 0.101. The van der Waals surface area contributed by atoms with Gasteiger partial charge in [-0.15, -0.1) is 0 Å². The van der Waals surface area contributed by atoms with Crippen LogP contribution in [0, 0.1) is 37.7 Å². The summed E-state index contributed by atoms with van der Waals surface area (Å²) in [6.45, 7) is 1.10. The molecule has 0 fully saturated rings. The minimum Gasteiger partial charge on any atom is -0.483 e. The molecule has 0 aliphatic rings. The second-order valence-corrected chi connectivity index (χ2v) is 0.834. The zero-order chi connectivity index (χ0) is 4.99. The van der Waals surface area contributed by atoms with Crippen LogP contribution in [0.25, 0.3) is 0 Å². The molecule has 0 heterocycles. The molecule has 7 heavy (non-hydrogen) atoms. The predicted octanol–water partition coefficient (Wildman–Crippen LogP) is -0.418. The first-order valence-electron chi connectivity index (χ1n) is 1.52. The van der Waals surface area contributed by atoms with Crippen molar-refractivity contribution in [3.8, 4) is 0 Å². The Kier molecular flexibility index (Phi) is 9.69. The van der Waals surface area contributed by atoms with Gasteiger partial charge in [-0.1, -0.05) is 6.42 Å². The first-order valence-corrected chi connectivity index (χ1v) is 1.52. The Morgan fingerprint density at radius 1 is 1.86 bits per heavy atom. The molecule has 0 aliphatic carbocycles. The van der Waals surface area contributed by atoms with Crippen LogP contribution in [0.1, 0.15) is 6.42 Å². The average Bonchev–Trinajstić information content (AvgIpc) is 1.35. The van der Waals surface area contributed by atoms with Crippen LogP contribution in [-0.4, -0.2) is 11.1 Å². The standard InChI is InChI=1S/C3H6NO2.U/c4-2-1-3(5)6;/h2H,1,4H2,(H,5,6);/q-1;. The summed E-state index contributed by atoms with van der Waals surface area (Å²) in [6, 6.07) is 0. The molecule has 0 radical (unpaired) electrons. The van der Waals surface area contributed by atoms with Gasteiger partial charge >= 0.3 is 0 Å². The van der Waals surface area contributed by atoms with Crippen LogP contribution in [0.3, 0.4) is 0 Å². The minimum atomic E-state index is -0.891. The van der Waals surface area contributed by atoms with Crippen molar-refractivity contribution in [3.05, 3.63) is 6.54 Å². The van der Waals surface area contributed by atoms with Crippen LogP contribution < -0.4 is 5.73 Å². The number of nitrogens with two attached hydrogens (primary N) is 1. The van der Waals surface area contributed by atoms with Gasteiger partial charge in [-0.3, -0.25) is 11.3 Å². The quantitative estimate of drug-likeness (QED) is 0.678. The van der Waals surface area contributed by atoms with Crippen molar-refractivity contribution in [3.63, 3.8) is 0 Å². The normalized spacial score (nSPS) is 7.00. The molecule has 4 heteroatoms. The third kappa shape index (κ3) is 10.7. The van der Waals surface area contributed by atoms with E-state index in [1.54, 1.807) is 0 Å². The van der Waals surface area contributed by atoms with Crippen LogP contribution >= 0.6 is 0 Å². The SMILES string of the molecule is N[CH-]CC(=O)O.[U]. The van der Waals surface area contributed by atoms with Crippen LogP contribution in [0.4, 0.5) is 0 Å². The van der Waals surface area contributed by atoms with Crippen molar-refractivity contribution in [1.82, 2.24) is 0 Å². The number of carboxylic acids is 1. The molecule has 0 aromatic rings. The van der Waals surface area contributed by atoms with E-state index in [4.69, 9.17) is 10.8 Å². The summed E-state index contributed by atoms with van der Waals surface area (Å²) in [7, 11) is 0.